The van der Waals surface area contributed by atoms with Crippen molar-refractivity contribution in [3.05, 3.63) is 34.9 Å². The molecule has 3 nitrogen and oxygen atoms in total. The highest BCUT2D eigenvalue weighted by Gasteiger charge is 2.33. The number of nitrogens with one attached hydrogen (secondary N) is 1. The van der Waals surface area contributed by atoms with Gasteiger partial charge in [-0.15, -0.1) is 12.4 Å². The number of carbonyl (C=O) groups is 1. The monoisotopic (exact) mass is 261 g/mol. The van der Waals surface area contributed by atoms with Crippen LogP contribution in [-0.2, 0) is 4.79 Å². The van der Waals surface area contributed by atoms with Gasteiger partial charge in [0.2, 0.25) is 0 Å². The van der Waals surface area contributed by atoms with E-state index in [2.05, 4.69) is 5.32 Å². The van der Waals surface area contributed by atoms with Crippen molar-refractivity contribution < 1.29 is 9.90 Å². The first kappa shape index (κ1) is 13.3. The van der Waals surface area contributed by atoms with E-state index < -0.39 is 12.0 Å². The van der Waals surface area contributed by atoms with Gasteiger partial charge in [-0.05, 0) is 30.7 Å². The van der Waals surface area contributed by atoms with Crippen molar-refractivity contribution in [3.63, 3.8) is 0 Å². The van der Waals surface area contributed by atoms with Crippen LogP contribution in [0.3, 0.4) is 0 Å². The molecule has 1 aliphatic rings. The molecule has 1 aromatic carbocycles. The number of hydrogen-bond acceptors (Lipinski definition) is 2. The van der Waals surface area contributed by atoms with E-state index in [0.717, 1.165) is 18.5 Å². The average Bonchev–Trinajstić information content (AvgIpc) is 2.65. The molecule has 2 N–H and O–H groups in total. The van der Waals surface area contributed by atoms with E-state index in [1.165, 1.54) is 0 Å². The fraction of sp³-hybridized carbons (Fsp3) is 0.364. The Hall–Kier alpha value is -0.770. The summed E-state index contributed by atoms with van der Waals surface area (Å²) >= 11 is 5.88. The van der Waals surface area contributed by atoms with Crippen LogP contribution in [0.1, 0.15) is 17.9 Å². The first-order chi connectivity index (χ1) is 7.18. The van der Waals surface area contributed by atoms with Gasteiger partial charge in [0.25, 0.3) is 0 Å². The molecule has 0 radical (unpaired) electrons. The molecule has 0 saturated carbocycles. The number of rotatable bonds is 2. The van der Waals surface area contributed by atoms with E-state index in [1.54, 1.807) is 6.07 Å². The van der Waals surface area contributed by atoms with Crippen molar-refractivity contribution in [1.82, 2.24) is 5.32 Å². The highest BCUT2D eigenvalue weighted by molar-refractivity contribution is 6.30. The smallest absolute Gasteiger partial charge is 0.321 e. The minimum Gasteiger partial charge on any atom is -0.480 e. The van der Waals surface area contributed by atoms with Crippen LogP contribution in [0.2, 0.25) is 5.02 Å². The van der Waals surface area contributed by atoms with Gasteiger partial charge in [-0.3, -0.25) is 4.79 Å². The van der Waals surface area contributed by atoms with E-state index in [4.69, 9.17) is 16.7 Å². The van der Waals surface area contributed by atoms with Gasteiger partial charge < -0.3 is 10.4 Å². The first-order valence-corrected chi connectivity index (χ1v) is 5.28. The lowest BCUT2D eigenvalue weighted by Gasteiger charge is -2.15. The maximum absolute atomic E-state index is 11.0. The SMILES string of the molecule is Cl.O=C(O)[C@H]1NCC[C@@H]1c1cccc(Cl)c1. The third-order valence-electron chi connectivity index (χ3n) is 2.76. The van der Waals surface area contributed by atoms with Crippen LogP contribution in [0.5, 0.6) is 0 Å². The fourth-order valence-electron chi connectivity index (χ4n) is 2.06. The summed E-state index contributed by atoms with van der Waals surface area (Å²) in [6, 6.07) is 6.94. The maximum atomic E-state index is 11.0. The predicted molar refractivity (Wildman–Crippen MR) is 65.5 cm³/mol. The van der Waals surface area contributed by atoms with Crippen molar-refractivity contribution in [2.45, 2.75) is 18.4 Å². The van der Waals surface area contributed by atoms with Crippen molar-refractivity contribution in [2.75, 3.05) is 6.54 Å². The first-order valence-electron chi connectivity index (χ1n) is 4.90. The largest absolute Gasteiger partial charge is 0.480 e. The second-order valence-electron chi connectivity index (χ2n) is 3.72. The Balaban J connectivity index is 0.00000128. The Morgan fingerprint density at radius 1 is 1.50 bits per heavy atom. The van der Waals surface area contributed by atoms with Gasteiger partial charge in [0, 0.05) is 10.9 Å². The molecule has 0 amide bonds. The second-order valence-corrected chi connectivity index (χ2v) is 4.16. The molecule has 88 valence electrons. The molecule has 1 aromatic rings. The number of halogens is 2. The lowest BCUT2D eigenvalue weighted by molar-refractivity contribution is -0.139. The Kier molecular flexibility index (Phi) is 4.59. The third kappa shape index (κ3) is 2.67. The van der Waals surface area contributed by atoms with Crippen LogP contribution < -0.4 is 5.32 Å². The molecular weight excluding hydrogens is 249 g/mol. The average molecular weight is 262 g/mol. The Morgan fingerprint density at radius 3 is 2.88 bits per heavy atom. The summed E-state index contributed by atoms with van der Waals surface area (Å²) in [5.41, 5.74) is 1.000. The summed E-state index contributed by atoms with van der Waals surface area (Å²) in [6.45, 7) is 0.744. The molecule has 5 heteroatoms. The molecule has 1 fully saturated rings. The van der Waals surface area contributed by atoms with Crippen molar-refractivity contribution in [1.29, 1.82) is 0 Å². The number of benzene rings is 1. The lowest BCUT2D eigenvalue weighted by Crippen LogP contribution is -2.34. The van der Waals surface area contributed by atoms with Gasteiger partial charge in [-0.25, -0.2) is 0 Å². The van der Waals surface area contributed by atoms with Gasteiger partial charge in [0.15, 0.2) is 0 Å². The van der Waals surface area contributed by atoms with Gasteiger partial charge in [-0.2, -0.15) is 0 Å². The van der Waals surface area contributed by atoms with Crippen LogP contribution in [0.25, 0.3) is 0 Å². The normalized spacial score (nSPS) is 23.8. The van der Waals surface area contributed by atoms with Gasteiger partial charge in [0.1, 0.15) is 6.04 Å². The topological polar surface area (TPSA) is 49.3 Å². The van der Waals surface area contributed by atoms with Gasteiger partial charge in [0.05, 0.1) is 0 Å². The number of carboxylic acid groups (broad SMARTS) is 1. The molecule has 16 heavy (non-hydrogen) atoms. The molecule has 0 bridgehead atoms. The van der Waals surface area contributed by atoms with Crippen molar-refractivity contribution in [3.8, 4) is 0 Å². The highest BCUT2D eigenvalue weighted by Crippen LogP contribution is 2.29. The zero-order valence-corrected chi connectivity index (χ0v) is 10.1. The maximum Gasteiger partial charge on any atom is 0.321 e. The molecular formula is C11H13Cl2NO2. The summed E-state index contributed by atoms with van der Waals surface area (Å²) in [5, 5.41) is 12.7. The quantitative estimate of drug-likeness (QED) is 0.859. The predicted octanol–water partition coefficient (Wildman–Crippen LogP) is 2.29. The molecule has 2 rings (SSSR count). The Bertz CT molecular complexity index is 384. The number of carboxylic acids is 1. The van der Waals surface area contributed by atoms with Gasteiger partial charge in [-0.1, -0.05) is 23.7 Å². The van der Waals surface area contributed by atoms with Crippen molar-refractivity contribution >= 4 is 30.0 Å². The number of hydrogen-bond donors (Lipinski definition) is 2. The van der Waals surface area contributed by atoms with E-state index in [-0.39, 0.29) is 18.3 Å². The Labute approximate surface area is 105 Å². The second kappa shape index (κ2) is 5.53. The van der Waals surface area contributed by atoms with E-state index >= 15 is 0 Å². The van der Waals surface area contributed by atoms with E-state index in [1.807, 2.05) is 18.2 Å². The summed E-state index contributed by atoms with van der Waals surface area (Å²) in [4.78, 5) is 11.0. The third-order valence-corrected chi connectivity index (χ3v) is 3.00. The van der Waals surface area contributed by atoms with Crippen LogP contribution in [-0.4, -0.2) is 23.7 Å². The highest BCUT2D eigenvalue weighted by atomic mass is 35.5. The van der Waals surface area contributed by atoms with Crippen molar-refractivity contribution in [2.24, 2.45) is 0 Å². The minimum absolute atomic E-state index is 0. The van der Waals surface area contributed by atoms with Crippen LogP contribution in [0.4, 0.5) is 0 Å². The van der Waals surface area contributed by atoms with Crippen LogP contribution in [0, 0.1) is 0 Å². The molecule has 1 heterocycles. The number of aliphatic carboxylic acids is 1. The molecule has 0 aliphatic carbocycles. The standard InChI is InChI=1S/C11H12ClNO2.ClH/c12-8-3-1-2-7(6-8)9-4-5-13-10(9)11(14)15;/h1-3,6,9-10,13H,4-5H2,(H,14,15);1H/t9-,10+;/m1./s1. The fourth-order valence-corrected chi connectivity index (χ4v) is 2.26. The zero-order valence-electron chi connectivity index (χ0n) is 8.52. The van der Waals surface area contributed by atoms with E-state index in [0.29, 0.717) is 5.02 Å². The van der Waals surface area contributed by atoms with E-state index in [9.17, 15) is 4.79 Å². The minimum atomic E-state index is -0.794. The molecule has 1 saturated heterocycles. The summed E-state index contributed by atoms with van der Waals surface area (Å²) in [7, 11) is 0. The van der Waals surface area contributed by atoms with Crippen LogP contribution in [0.15, 0.2) is 24.3 Å². The summed E-state index contributed by atoms with van der Waals surface area (Å²) < 4.78 is 0. The van der Waals surface area contributed by atoms with Crippen LogP contribution >= 0.6 is 24.0 Å². The molecule has 0 aromatic heterocycles. The van der Waals surface area contributed by atoms with Gasteiger partial charge >= 0.3 is 5.97 Å². The Morgan fingerprint density at radius 2 is 2.25 bits per heavy atom. The lowest BCUT2D eigenvalue weighted by atomic mass is 9.92. The molecule has 2 atom stereocenters. The molecule has 1 aliphatic heterocycles. The zero-order chi connectivity index (χ0) is 10.8. The summed E-state index contributed by atoms with van der Waals surface area (Å²) in [6.07, 6.45) is 0.845. The summed E-state index contributed by atoms with van der Waals surface area (Å²) in [5.74, 6) is -0.765. The molecule has 0 spiro atoms. The molecule has 0 unspecified atom stereocenters.